The monoisotopic (exact) mass is 271 g/mol. The summed E-state index contributed by atoms with van der Waals surface area (Å²) in [5.41, 5.74) is 8.06. The molecular weight excluding hydrogens is 250 g/mol. The van der Waals surface area contributed by atoms with E-state index in [1.54, 1.807) is 0 Å². The minimum Gasteiger partial charge on any atom is -0.372 e. The molecule has 1 aliphatic rings. The van der Waals surface area contributed by atoms with Gasteiger partial charge in [-0.2, -0.15) is 0 Å². The molecule has 1 aromatic heterocycles. The Bertz CT molecular complexity index is 604. The number of nitrogens with two attached hydrogens (primary N) is 1. The number of aromatic nitrogens is 1. The normalized spacial score (nSPS) is 23.2. The highest BCUT2D eigenvalue weighted by molar-refractivity contribution is 5.84. The first-order chi connectivity index (χ1) is 9.67. The van der Waals surface area contributed by atoms with Crippen LogP contribution in [0.1, 0.15) is 19.4 Å². The molecule has 0 spiro atoms. The van der Waals surface area contributed by atoms with E-state index in [2.05, 4.69) is 30.9 Å². The van der Waals surface area contributed by atoms with Crippen molar-refractivity contribution in [3.63, 3.8) is 0 Å². The number of hydrogen-bond donors (Lipinski definition) is 1. The molecule has 2 aromatic rings. The van der Waals surface area contributed by atoms with Gasteiger partial charge in [-0.25, -0.2) is 4.98 Å². The fourth-order valence-electron chi connectivity index (χ4n) is 2.93. The fraction of sp³-hybridized carbons (Fsp3) is 0.438. The smallest absolute Gasteiger partial charge is 0.129 e. The van der Waals surface area contributed by atoms with Crippen molar-refractivity contribution in [3.8, 4) is 0 Å². The molecule has 0 radical (unpaired) electrons. The quantitative estimate of drug-likeness (QED) is 0.910. The lowest BCUT2D eigenvalue weighted by Crippen LogP contribution is -2.45. The molecule has 3 rings (SSSR count). The molecule has 0 aliphatic carbocycles. The van der Waals surface area contributed by atoms with E-state index in [1.165, 1.54) is 0 Å². The van der Waals surface area contributed by atoms with Gasteiger partial charge in [0.15, 0.2) is 0 Å². The zero-order chi connectivity index (χ0) is 14.1. The van der Waals surface area contributed by atoms with Gasteiger partial charge in [-0.15, -0.1) is 0 Å². The summed E-state index contributed by atoms with van der Waals surface area (Å²) in [5, 5.41) is 1.15. The van der Waals surface area contributed by atoms with Crippen LogP contribution in [0.25, 0.3) is 10.9 Å². The summed E-state index contributed by atoms with van der Waals surface area (Å²) >= 11 is 0. The van der Waals surface area contributed by atoms with Gasteiger partial charge in [0.25, 0.3) is 0 Å². The molecule has 1 fully saturated rings. The first-order valence-corrected chi connectivity index (χ1v) is 7.16. The van der Waals surface area contributed by atoms with Gasteiger partial charge < -0.3 is 15.4 Å². The van der Waals surface area contributed by atoms with Gasteiger partial charge in [0.1, 0.15) is 5.82 Å². The van der Waals surface area contributed by atoms with Crippen molar-refractivity contribution < 1.29 is 4.74 Å². The van der Waals surface area contributed by atoms with Crippen molar-refractivity contribution in [2.45, 2.75) is 32.6 Å². The maximum absolute atomic E-state index is 5.90. The van der Waals surface area contributed by atoms with Crippen LogP contribution in [0, 0.1) is 0 Å². The third-order valence-electron chi connectivity index (χ3n) is 3.75. The molecule has 0 bridgehead atoms. The van der Waals surface area contributed by atoms with Crippen LogP contribution in [0.3, 0.4) is 0 Å². The highest BCUT2D eigenvalue weighted by Gasteiger charge is 2.23. The van der Waals surface area contributed by atoms with Crippen molar-refractivity contribution in [2.24, 2.45) is 5.73 Å². The maximum atomic E-state index is 5.90. The molecule has 2 atom stereocenters. The summed E-state index contributed by atoms with van der Waals surface area (Å²) in [6.07, 6.45) is 0.460. The maximum Gasteiger partial charge on any atom is 0.129 e. The van der Waals surface area contributed by atoms with Crippen molar-refractivity contribution >= 4 is 16.7 Å². The Morgan fingerprint density at radius 1 is 1.25 bits per heavy atom. The number of rotatable bonds is 2. The van der Waals surface area contributed by atoms with Crippen LogP contribution in [0.2, 0.25) is 0 Å². The predicted octanol–water partition coefficient (Wildman–Crippen LogP) is 2.31. The fourth-order valence-corrected chi connectivity index (χ4v) is 2.93. The molecular formula is C16H21N3O. The Morgan fingerprint density at radius 3 is 2.65 bits per heavy atom. The number of anilines is 1. The summed E-state index contributed by atoms with van der Waals surface area (Å²) in [4.78, 5) is 7.09. The van der Waals surface area contributed by atoms with Crippen molar-refractivity contribution in [2.75, 3.05) is 18.0 Å². The van der Waals surface area contributed by atoms with Crippen molar-refractivity contribution in [3.05, 3.63) is 35.9 Å². The molecule has 4 heteroatoms. The molecule has 1 aromatic carbocycles. The van der Waals surface area contributed by atoms with Gasteiger partial charge in [0, 0.05) is 25.0 Å². The Morgan fingerprint density at radius 2 is 1.95 bits per heavy atom. The summed E-state index contributed by atoms with van der Waals surface area (Å²) in [6.45, 7) is 6.49. The molecule has 1 saturated heterocycles. The Hall–Kier alpha value is -1.65. The van der Waals surface area contributed by atoms with Gasteiger partial charge in [0.05, 0.1) is 17.7 Å². The van der Waals surface area contributed by atoms with E-state index in [-0.39, 0.29) is 12.2 Å². The first kappa shape index (κ1) is 13.3. The van der Waals surface area contributed by atoms with Crippen LogP contribution < -0.4 is 10.6 Å². The molecule has 2 N–H and O–H groups in total. The molecule has 1 aliphatic heterocycles. The lowest BCUT2D eigenvalue weighted by molar-refractivity contribution is -0.00544. The van der Waals surface area contributed by atoms with Crippen molar-refractivity contribution in [1.29, 1.82) is 0 Å². The number of hydrogen-bond acceptors (Lipinski definition) is 4. The Labute approximate surface area is 119 Å². The standard InChI is InChI=1S/C16H21N3O/c1-11-9-19(10-12(2)20-11)16-7-13(8-17)14-5-3-4-6-15(14)18-16/h3-7,11-12H,8-10,17H2,1-2H3/t11-,12+. The van der Waals surface area contributed by atoms with Gasteiger partial charge in [-0.1, -0.05) is 18.2 Å². The lowest BCUT2D eigenvalue weighted by Gasteiger charge is -2.36. The Kier molecular flexibility index (Phi) is 3.59. The van der Waals surface area contributed by atoms with Crippen LogP contribution in [0.5, 0.6) is 0 Å². The van der Waals surface area contributed by atoms with Gasteiger partial charge in [0.2, 0.25) is 0 Å². The third-order valence-corrected chi connectivity index (χ3v) is 3.75. The van der Waals surface area contributed by atoms with Gasteiger partial charge in [-0.05, 0) is 31.5 Å². The molecule has 0 amide bonds. The highest BCUT2D eigenvalue weighted by atomic mass is 16.5. The Balaban J connectivity index is 2.03. The molecule has 20 heavy (non-hydrogen) atoms. The second-order valence-electron chi connectivity index (χ2n) is 5.52. The number of ether oxygens (including phenoxy) is 1. The SMILES string of the molecule is C[C@@H]1CN(c2cc(CN)c3ccccc3n2)C[C@H](C)O1. The average molecular weight is 271 g/mol. The largest absolute Gasteiger partial charge is 0.372 e. The van der Waals surface area contributed by atoms with E-state index in [0.717, 1.165) is 35.4 Å². The van der Waals surface area contributed by atoms with E-state index in [4.69, 9.17) is 15.5 Å². The number of para-hydroxylation sites is 1. The van der Waals surface area contributed by atoms with Crippen LogP contribution in [0.15, 0.2) is 30.3 Å². The summed E-state index contributed by atoms with van der Waals surface area (Å²) in [7, 11) is 0. The zero-order valence-corrected chi connectivity index (χ0v) is 12.0. The summed E-state index contributed by atoms with van der Waals surface area (Å²) in [5.74, 6) is 1.01. The lowest BCUT2D eigenvalue weighted by atomic mass is 10.1. The van der Waals surface area contributed by atoms with Crippen molar-refractivity contribution in [1.82, 2.24) is 4.98 Å². The number of fused-ring (bicyclic) bond motifs is 1. The molecule has 0 unspecified atom stereocenters. The van der Waals surface area contributed by atoms with Crippen LogP contribution in [-0.2, 0) is 11.3 Å². The van der Waals surface area contributed by atoms with Crippen LogP contribution in [0.4, 0.5) is 5.82 Å². The van der Waals surface area contributed by atoms with Crippen LogP contribution in [-0.4, -0.2) is 30.3 Å². The topological polar surface area (TPSA) is 51.4 Å². The van der Waals surface area contributed by atoms with Gasteiger partial charge >= 0.3 is 0 Å². The average Bonchev–Trinajstić information content (AvgIpc) is 2.45. The highest BCUT2D eigenvalue weighted by Crippen LogP contribution is 2.25. The second-order valence-corrected chi connectivity index (χ2v) is 5.52. The molecule has 106 valence electrons. The number of nitrogens with zero attached hydrogens (tertiary/aromatic N) is 2. The molecule has 4 nitrogen and oxygen atoms in total. The third kappa shape index (κ3) is 2.49. The van der Waals surface area contributed by atoms with E-state index in [9.17, 15) is 0 Å². The minimum atomic E-state index is 0.230. The first-order valence-electron chi connectivity index (χ1n) is 7.16. The second kappa shape index (κ2) is 5.38. The van der Waals surface area contributed by atoms with E-state index >= 15 is 0 Å². The van der Waals surface area contributed by atoms with E-state index in [0.29, 0.717) is 6.54 Å². The molecule has 0 saturated carbocycles. The summed E-state index contributed by atoms with van der Waals surface area (Å²) < 4.78 is 5.79. The zero-order valence-electron chi connectivity index (χ0n) is 12.0. The number of benzene rings is 1. The van der Waals surface area contributed by atoms with Crippen LogP contribution >= 0.6 is 0 Å². The minimum absolute atomic E-state index is 0.230. The summed E-state index contributed by atoms with van der Waals surface area (Å²) in [6, 6.07) is 10.3. The number of morpholine rings is 1. The van der Waals surface area contributed by atoms with E-state index in [1.807, 2.05) is 18.2 Å². The predicted molar refractivity (Wildman–Crippen MR) is 81.9 cm³/mol. The number of pyridine rings is 1. The van der Waals surface area contributed by atoms with E-state index < -0.39 is 0 Å². The molecule has 2 heterocycles. The van der Waals surface area contributed by atoms with Gasteiger partial charge in [-0.3, -0.25) is 0 Å².